The molecule has 0 unspecified atom stereocenters. The molecule has 1 heterocycles. The number of hydrogen-bond donors (Lipinski definition) is 2. The van der Waals surface area contributed by atoms with Crippen LogP contribution >= 0.6 is 0 Å². The van der Waals surface area contributed by atoms with E-state index in [4.69, 9.17) is 9.47 Å². The summed E-state index contributed by atoms with van der Waals surface area (Å²) in [5.41, 5.74) is 2.62. The molecule has 0 atom stereocenters. The number of methoxy groups -OCH3 is 1. The molecule has 0 aliphatic rings. The Morgan fingerprint density at radius 2 is 1.85 bits per heavy atom. The van der Waals surface area contributed by atoms with Gasteiger partial charge in [-0.25, -0.2) is 0 Å². The van der Waals surface area contributed by atoms with Crippen molar-refractivity contribution in [3.63, 3.8) is 0 Å². The Hall–Kier alpha value is -3.28. The third kappa shape index (κ3) is 4.22. The molecule has 26 heavy (non-hydrogen) atoms. The number of aryl methyl sites for hydroxylation is 1. The quantitative estimate of drug-likeness (QED) is 0.640. The lowest BCUT2D eigenvalue weighted by molar-refractivity contribution is -0.147. The van der Waals surface area contributed by atoms with Gasteiger partial charge in [0, 0.05) is 23.5 Å². The number of para-hydroxylation sites is 3. The molecule has 6 nitrogen and oxygen atoms in total. The minimum absolute atomic E-state index is 0.212. The zero-order valence-corrected chi connectivity index (χ0v) is 14.5. The van der Waals surface area contributed by atoms with E-state index in [9.17, 15) is 9.59 Å². The number of fused-ring (bicyclic) bond motifs is 1. The van der Waals surface area contributed by atoms with Crippen molar-refractivity contribution in [3.8, 4) is 5.75 Å². The van der Waals surface area contributed by atoms with Crippen LogP contribution in [-0.4, -0.2) is 30.6 Å². The van der Waals surface area contributed by atoms with Crippen molar-refractivity contribution in [1.82, 2.24) is 4.98 Å². The van der Waals surface area contributed by atoms with Crippen LogP contribution in [0.25, 0.3) is 10.9 Å². The average molecular weight is 352 g/mol. The Morgan fingerprint density at radius 1 is 1.08 bits per heavy atom. The molecule has 0 spiro atoms. The number of ether oxygens (including phenoxy) is 2. The van der Waals surface area contributed by atoms with E-state index in [1.807, 2.05) is 30.5 Å². The molecular weight excluding hydrogens is 332 g/mol. The molecule has 1 amide bonds. The summed E-state index contributed by atoms with van der Waals surface area (Å²) in [5.74, 6) is -0.271. The second-order valence-corrected chi connectivity index (χ2v) is 5.77. The lowest BCUT2D eigenvalue weighted by Crippen LogP contribution is -2.21. The number of anilines is 1. The lowest BCUT2D eigenvalue weighted by atomic mass is 10.1. The van der Waals surface area contributed by atoms with E-state index in [2.05, 4.69) is 10.3 Å². The molecule has 0 aliphatic carbocycles. The molecule has 134 valence electrons. The Labute approximate surface area is 151 Å². The molecule has 0 fully saturated rings. The highest BCUT2D eigenvalue weighted by molar-refractivity contribution is 5.94. The number of amides is 1. The first-order chi connectivity index (χ1) is 12.7. The first-order valence-electron chi connectivity index (χ1n) is 8.31. The van der Waals surface area contributed by atoms with Crippen LogP contribution in [0.4, 0.5) is 5.69 Å². The highest BCUT2D eigenvalue weighted by Crippen LogP contribution is 2.23. The van der Waals surface area contributed by atoms with E-state index in [0.29, 0.717) is 17.9 Å². The van der Waals surface area contributed by atoms with Gasteiger partial charge in [0.05, 0.1) is 12.8 Å². The standard InChI is InChI=1S/C20H20N2O4/c1-25-18-9-5-4-8-17(18)22-19(23)13-26-20(24)11-10-14-12-21-16-7-3-2-6-15(14)16/h2-9,12,21H,10-11,13H2,1H3,(H,22,23). The minimum atomic E-state index is -0.412. The highest BCUT2D eigenvalue weighted by atomic mass is 16.5. The SMILES string of the molecule is COc1ccccc1NC(=O)COC(=O)CCc1c[nH]c2ccccc12. The van der Waals surface area contributed by atoms with Gasteiger partial charge < -0.3 is 19.8 Å². The highest BCUT2D eigenvalue weighted by Gasteiger charge is 2.11. The Balaban J connectivity index is 1.47. The summed E-state index contributed by atoms with van der Waals surface area (Å²) in [5, 5.41) is 3.76. The number of aromatic amines is 1. The average Bonchev–Trinajstić information content (AvgIpc) is 3.08. The monoisotopic (exact) mass is 352 g/mol. The van der Waals surface area contributed by atoms with Gasteiger partial charge in [0.25, 0.3) is 5.91 Å². The van der Waals surface area contributed by atoms with Crippen LogP contribution < -0.4 is 10.1 Å². The van der Waals surface area contributed by atoms with Gasteiger partial charge in [-0.15, -0.1) is 0 Å². The number of rotatable bonds is 7. The largest absolute Gasteiger partial charge is 0.495 e. The molecule has 2 aromatic carbocycles. The number of nitrogens with one attached hydrogen (secondary N) is 2. The number of carbonyl (C=O) groups excluding carboxylic acids is 2. The zero-order chi connectivity index (χ0) is 18.4. The summed E-state index contributed by atoms with van der Waals surface area (Å²) in [6, 6.07) is 15.0. The normalized spacial score (nSPS) is 10.5. The fourth-order valence-corrected chi connectivity index (χ4v) is 2.73. The maximum absolute atomic E-state index is 11.9. The van der Waals surface area contributed by atoms with Gasteiger partial charge in [-0.1, -0.05) is 30.3 Å². The van der Waals surface area contributed by atoms with Crippen molar-refractivity contribution in [3.05, 3.63) is 60.3 Å². The second kappa shape index (κ2) is 8.20. The molecule has 1 aromatic heterocycles. The summed E-state index contributed by atoms with van der Waals surface area (Å²) in [6.45, 7) is -0.329. The first-order valence-corrected chi connectivity index (χ1v) is 8.31. The van der Waals surface area contributed by atoms with Gasteiger partial charge in [0.15, 0.2) is 6.61 Å². The fourth-order valence-electron chi connectivity index (χ4n) is 2.73. The van der Waals surface area contributed by atoms with Gasteiger partial charge in [0.2, 0.25) is 0 Å². The van der Waals surface area contributed by atoms with E-state index < -0.39 is 11.9 Å². The van der Waals surface area contributed by atoms with E-state index in [1.54, 1.807) is 24.3 Å². The van der Waals surface area contributed by atoms with Crippen LogP contribution in [0.5, 0.6) is 5.75 Å². The predicted molar refractivity (Wildman–Crippen MR) is 99.2 cm³/mol. The molecule has 2 N–H and O–H groups in total. The zero-order valence-electron chi connectivity index (χ0n) is 14.5. The van der Waals surface area contributed by atoms with Crippen LogP contribution in [0.2, 0.25) is 0 Å². The maximum Gasteiger partial charge on any atom is 0.306 e. The summed E-state index contributed by atoms with van der Waals surface area (Å²) >= 11 is 0. The van der Waals surface area contributed by atoms with Gasteiger partial charge >= 0.3 is 5.97 Å². The molecule has 0 bridgehead atoms. The molecule has 0 aliphatic heterocycles. The summed E-state index contributed by atoms with van der Waals surface area (Å²) in [4.78, 5) is 27.0. The van der Waals surface area contributed by atoms with Gasteiger partial charge in [-0.05, 0) is 30.2 Å². The van der Waals surface area contributed by atoms with Gasteiger partial charge in [-0.3, -0.25) is 9.59 Å². The topological polar surface area (TPSA) is 80.4 Å². The Bertz CT molecular complexity index is 917. The minimum Gasteiger partial charge on any atom is -0.495 e. The van der Waals surface area contributed by atoms with Crippen LogP contribution in [0.3, 0.4) is 0 Å². The van der Waals surface area contributed by atoms with E-state index in [1.165, 1.54) is 7.11 Å². The number of carbonyl (C=O) groups is 2. The Kier molecular flexibility index (Phi) is 5.53. The summed E-state index contributed by atoms with van der Waals surface area (Å²) in [6.07, 6.45) is 2.66. The van der Waals surface area contributed by atoms with Gasteiger partial charge in [-0.2, -0.15) is 0 Å². The molecule has 0 saturated carbocycles. The van der Waals surface area contributed by atoms with Crippen LogP contribution in [0, 0.1) is 0 Å². The second-order valence-electron chi connectivity index (χ2n) is 5.77. The summed E-state index contributed by atoms with van der Waals surface area (Å²) in [7, 11) is 1.52. The number of benzene rings is 2. The van der Waals surface area contributed by atoms with E-state index >= 15 is 0 Å². The molecule has 0 radical (unpaired) electrons. The van der Waals surface area contributed by atoms with Crippen molar-refractivity contribution < 1.29 is 19.1 Å². The van der Waals surface area contributed by atoms with Crippen molar-refractivity contribution >= 4 is 28.5 Å². The van der Waals surface area contributed by atoms with Crippen LogP contribution in [0.15, 0.2) is 54.7 Å². The lowest BCUT2D eigenvalue weighted by Gasteiger charge is -2.10. The fraction of sp³-hybridized carbons (Fsp3) is 0.200. The first kappa shape index (κ1) is 17.5. The van der Waals surface area contributed by atoms with Crippen LogP contribution in [-0.2, 0) is 20.7 Å². The molecule has 3 rings (SSSR count). The van der Waals surface area contributed by atoms with E-state index in [0.717, 1.165) is 16.5 Å². The third-order valence-corrected chi connectivity index (χ3v) is 4.02. The predicted octanol–water partition coefficient (Wildman–Crippen LogP) is 3.29. The summed E-state index contributed by atoms with van der Waals surface area (Å²) < 4.78 is 10.2. The molecule has 6 heteroatoms. The maximum atomic E-state index is 11.9. The van der Waals surface area contributed by atoms with E-state index in [-0.39, 0.29) is 13.0 Å². The number of H-pyrrole nitrogens is 1. The van der Waals surface area contributed by atoms with Crippen molar-refractivity contribution in [2.24, 2.45) is 0 Å². The van der Waals surface area contributed by atoms with Crippen molar-refractivity contribution in [2.75, 3.05) is 19.0 Å². The Morgan fingerprint density at radius 3 is 2.69 bits per heavy atom. The molecular formula is C20H20N2O4. The van der Waals surface area contributed by atoms with Crippen molar-refractivity contribution in [2.45, 2.75) is 12.8 Å². The van der Waals surface area contributed by atoms with Crippen LogP contribution in [0.1, 0.15) is 12.0 Å². The molecule has 3 aromatic rings. The molecule has 0 saturated heterocycles. The third-order valence-electron chi connectivity index (χ3n) is 4.02. The smallest absolute Gasteiger partial charge is 0.306 e. The number of esters is 1. The van der Waals surface area contributed by atoms with Crippen molar-refractivity contribution in [1.29, 1.82) is 0 Å². The van der Waals surface area contributed by atoms with Gasteiger partial charge in [0.1, 0.15) is 5.75 Å². The number of aromatic nitrogens is 1. The number of hydrogen-bond acceptors (Lipinski definition) is 4.